The van der Waals surface area contributed by atoms with Crippen LogP contribution >= 0.6 is 0 Å². The van der Waals surface area contributed by atoms with Crippen molar-refractivity contribution < 1.29 is 14.5 Å². The molecule has 0 N–H and O–H groups in total. The van der Waals surface area contributed by atoms with Gasteiger partial charge in [0.2, 0.25) is 5.75 Å². The quantitative estimate of drug-likeness (QED) is 0.384. The lowest BCUT2D eigenvalue weighted by atomic mass is 10.3. The van der Waals surface area contributed by atoms with Crippen molar-refractivity contribution in [2.45, 2.75) is 0 Å². The number of nitro groups is 1. The Morgan fingerprint density at radius 1 is 1.42 bits per heavy atom. The predicted octanol–water partition coefficient (Wildman–Crippen LogP) is 1.13. The van der Waals surface area contributed by atoms with Crippen molar-refractivity contribution in [3.05, 3.63) is 34.4 Å². The summed E-state index contributed by atoms with van der Waals surface area (Å²) in [6.07, 6.45) is 0. The zero-order valence-corrected chi connectivity index (χ0v) is 5.97. The summed E-state index contributed by atoms with van der Waals surface area (Å²) in [6, 6.07) is 5.66. The van der Waals surface area contributed by atoms with Crippen LogP contribution in [0.25, 0.3) is 0 Å². The fraction of sp³-hybridized carbons (Fsp3) is 0. The van der Waals surface area contributed by atoms with Gasteiger partial charge in [-0.3, -0.25) is 14.9 Å². The van der Waals surface area contributed by atoms with Crippen LogP contribution in [0, 0.1) is 10.1 Å². The summed E-state index contributed by atoms with van der Waals surface area (Å²) in [5, 5.41) is 10.3. The van der Waals surface area contributed by atoms with Gasteiger partial charge in [-0.1, -0.05) is 12.1 Å². The first-order chi connectivity index (χ1) is 5.75. The Bertz CT molecular complexity index is 310. The smallest absolute Gasteiger partial charge is 0.311 e. The van der Waals surface area contributed by atoms with Crippen LogP contribution in [0.5, 0.6) is 5.75 Å². The second-order valence-corrected chi connectivity index (χ2v) is 1.94. The van der Waals surface area contributed by atoms with Gasteiger partial charge in [-0.2, -0.15) is 0 Å². The molecule has 0 amide bonds. The molecule has 1 aromatic rings. The minimum Gasteiger partial charge on any atom is -0.421 e. The van der Waals surface area contributed by atoms with Gasteiger partial charge in [0.15, 0.2) is 0 Å². The summed E-state index contributed by atoms with van der Waals surface area (Å²) in [5.74, 6) is -0.0440. The standard InChI is InChI=1S/C7H5NO4/c9-5-12-7-4-2-1-3-6(7)8(10)11/h1-5H. The van der Waals surface area contributed by atoms with Crippen molar-refractivity contribution in [2.24, 2.45) is 0 Å². The first-order valence-electron chi connectivity index (χ1n) is 3.09. The molecular weight excluding hydrogens is 162 g/mol. The van der Waals surface area contributed by atoms with Crippen molar-refractivity contribution >= 4 is 12.2 Å². The Kier molecular flexibility index (Phi) is 2.37. The molecule has 1 aromatic carbocycles. The largest absolute Gasteiger partial charge is 0.421 e. The summed E-state index contributed by atoms with van der Waals surface area (Å²) in [6.45, 7) is 0.155. The molecule has 62 valence electrons. The predicted molar refractivity (Wildman–Crippen MR) is 39.8 cm³/mol. The normalized spacial score (nSPS) is 9.00. The minimum atomic E-state index is -0.612. The van der Waals surface area contributed by atoms with Crippen molar-refractivity contribution in [3.63, 3.8) is 0 Å². The Morgan fingerprint density at radius 3 is 2.67 bits per heavy atom. The van der Waals surface area contributed by atoms with E-state index < -0.39 is 4.92 Å². The lowest BCUT2D eigenvalue weighted by Crippen LogP contribution is -1.94. The molecule has 12 heavy (non-hydrogen) atoms. The van der Waals surface area contributed by atoms with Crippen LogP contribution in [0.15, 0.2) is 24.3 Å². The maximum Gasteiger partial charge on any atom is 0.311 e. The van der Waals surface area contributed by atoms with Gasteiger partial charge < -0.3 is 4.74 Å². The van der Waals surface area contributed by atoms with Gasteiger partial charge in [-0.15, -0.1) is 0 Å². The third-order valence-corrected chi connectivity index (χ3v) is 1.24. The SMILES string of the molecule is O=COc1ccccc1[N+](=O)[O-]. The maximum absolute atomic E-state index is 10.3. The van der Waals surface area contributed by atoms with Gasteiger partial charge in [-0.25, -0.2) is 0 Å². The second-order valence-electron chi connectivity index (χ2n) is 1.94. The van der Waals surface area contributed by atoms with Crippen molar-refractivity contribution in [2.75, 3.05) is 0 Å². The molecule has 1 rings (SSSR count). The van der Waals surface area contributed by atoms with Crippen molar-refractivity contribution in [3.8, 4) is 5.75 Å². The van der Waals surface area contributed by atoms with E-state index in [0.29, 0.717) is 0 Å². The molecule has 5 nitrogen and oxygen atoms in total. The summed E-state index contributed by atoms with van der Waals surface area (Å²) >= 11 is 0. The third kappa shape index (κ3) is 1.57. The van der Waals surface area contributed by atoms with Crippen LogP contribution in [0.4, 0.5) is 5.69 Å². The van der Waals surface area contributed by atoms with E-state index in [1.165, 1.54) is 18.2 Å². The van der Waals surface area contributed by atoms with E-state index in [-0.39, 0.29) is 17.9 Å². The molecule has 0 aliphatic carbocycles. The highest BCUT2D eigenvalue weighted by Crippen LogP contribution is 2.24. The lowest BCUT2D eigenvalue weighted by molar-refractivity contribution is -0.385. The number of para-hydroxylation sites is 2. The molecule has 0 fully saturated rings. The van der Waals surface area contributed by atoms with E-state index in [1.54, 1.807) is 6.07 Å². The van der Waals surface area contributed by atoms with Gasteiger partial charge in [0.1, 0.15) is 0 Å². The number of carbonyl (C=O) groups is 1. The zero-order chi connectivity index (χ0) is 8.97. The number of benzene rings is 1. The highest BCUT2D eigenvalue weighted by atomic mass is 16.6. The lowest BCUT2D eigenvalue weighted by Gasteiger charge is -1.97. The number of hydrogen-bond donors (Lipinski definition) is 0. The summed E-state index contributed by atoms with van der Waals surface area (Å²) in [5.41, 5.74) is -0.218. The minimum absolute atomic E-state index is 0.0440. The van der Waals surface area contributed by atoms with Crippen LogP contribution in [0.3, 0.4) is 0 Å². The molecule has 0 spiro atoms. The van der Waals surface area contributed by atoms with Gasteiger partial charge in [-0.05, 0) is 6.07 Å². The number of carbonyl (C=O) groups excluding carboxylic acids is 1. The third-order valence-electron chi connectivity index (χ3n) is 1.24. The molecule has 0 saturated heterocycles. The molecular formula is C7H5NO4. The summed E-state index contributed by atoms with van der Waals surface area (Å²) in [4.78, 5) is 19.6. The second kappa shape index (κ2) is 3.47. The van der Waals surface area contributed by atoms with Gasteiger partial charge >= 0.3 is 5.69 Å². The van der Waals surface area contributed by atoms with Crippen LogP contribution < -0.4 is 4.74 Å². The average Bonchev–Trinajstić information content (AvgIpc) is 2.05. The fourth-order valence-electron chi connectivity index (χ4n) is 0.759. The van der Waals surface area contributed by atoms with E-state index in [1.807, 2.05) is 0 Å². The zero-order valence-electron chi connectivity index (χ0n) is 5.97. The van der Waals surface area contributed by atoms with Gasteiger partial charge in [0, 0.05) is 6.07 Å². The van der Waals surface area contributed by atoms with Gasteiger partial charge in [0.25, 0.3) is 6.47 Å². The van der Waals surface area contributed by atoms with Crippen LogP contribution in [-0.4, -0.2) is 11.4 Å². The van der Waals surface area contributed by atoms with Crippen LogP contribution in [0.1, 0.15) is 0 Å². The molecule has 0 aliphatic heterocycles. The Balaban J connectivity index is 3.07. The van der Waals surface area contributed by atoms with Crippen LogP contribution in [-0.2, 0) is 4.79 Å². The molecule has 0 unspecified atom stereocenters. The van der Waals surface area contributed by atoms with E-state index in [9.17, 15) is 14.9 Å². The summed E-state index contributed by atoms with van der Waals surface area (Å²) in [7, 11) is 0. The number of ether oxygens (including phenoxy) is 1. The first kappa shape index (κ1) is 8.19. The highest BCUT2D eigenvalue weighted by Gasteiger charge is 2.12. The van der Waals surface area contributed by atoms with Crippen LogP contribution in [0.2, 0.25) is 0 Å². The number of nitrogens with zero attached hydrogens (tertiary/aromatic N) is 1. The molecule has 0 aromatic heterocycles. The number of rotatable bonds is 3. The average molecular weight is 167 g/mol. The molecule has 0 aliphatic rings. The molecule has 0 saturated carbocycles. The first-order valence-corrected chi connectivity index (χ1v) is 3.09. The molecule has 0 heterocycles. The van der Waals surface area contributed by atoms with Crippen molar-refractivity contribution in [1.82, 2.24) is 0 Å². The topological polar surface area (TPSA) is 69.4 Å². The number of nitro benzene ring substituents is 1. The Labute approximate surface area is 67.7 Å². The Hall–Kier alpha value is -1.91. The maximum atomic E-state index is 10.3. The monoisotopic (exact) mass is 167 g/mol. The molecule has 5 heteroatoms. The van der Waals surface area contributed by atoms with E-state index in [4.69, 9.17) is 0 Å². The molecule has 0 atom stereocenters. The Morgan fingerprint density at radius 2 is 2.08 bits per heavy atom. The molecule has 0 radical (unpaired) electrons. The van der Waals surface area contributed by atoms with E-state index in [0.717, 1.165) is 0 Å². The van der Waals surface area contributed by atoms with Gasteiger partial charge in [0.05, 0.1) is 4.92 Å². The van der Waals surface area contributed by atoms with Crippen molar-refractivity contribution in [1.29, 1.82) is 0 Å². The molecule has 0 bridgehead atoms. The highest BCUT2D eigenvalue weighted by molar-refractivity contribution is 5.53. The van der Waals surface area contributed by atoms with E-state index >= 15 is 0 Å². The van der Waals surface area contributed by atoms with E-state index in [2.05, 4.69) is 4.74 Å². The summed E-state index contributed by atoms with van der Waals surface area (Å²) < 4.78 is 4.38. The number of hydrogen-bond acceptors (Lipinski definition) is 4. The fourth-order valence-corrected chi connectivity index (χ4v) is 0.759.